The highest BCUT2D eigenvalue weighted by Crippen LogP contribution is 2.02. The van der Waals surface area contributed by atoms with E-state index in [2.05, 4.69) is 16.6 Å². The zero-order valence-corrected chi connectivity index (χ0v) is 6.99. The first-order chi connectivity index (χ1) is 5.70. The summed E-state index contributed by atoms with van der Waals surface area (Å²) in [5.74, 6) is 0. The molecule has 0 aromatic rings. The Hall–Kier alpha value is -1.64. The Morgan fingerprint density at radius 3 is 3.08 bits per heavy atom. The van der Waals surface area contributed by atoms with Gasteiger partial charge in [0.05, 0.1) is 11.9 Å². The molecule has 3 heteroatoms. The molecule has 1 aliphatic heterocycles. The van der Waals surface area contributed by atoms with E-state index < -0.39 is 0 Å². The molecule has 0 aromatic heterocycles. The van der Waals surface area contributed by atoms with Gasteiger partial charge < -0.3 is 5.73 Å². The molecule has 0 saturated carbocycles. The van der Waals surface area contributed by atoms with Crippen LogP contribution in [0.25, 0.3) is 0 Å². The summed E-state index contributed by atoms with van der Waals surface area (Å²) in [7, 11) is 0. The maximum Gasteiger partial charge on any atom is 0.0879 e. The van der Waals surface area contributed by atoms with Gasteiger partial charge in [-0.25, -0.2) is 0 Å². The van der Waals surface area contributed by atoms with E-state index in [-0.39, 0.29) is 0 Å². The summed E-state index contributed by atoms with van der Waals surface area (Å²) in [5, 5.41) is 0. The van der Waals surface area contributed by atoms with E-state index in [9.17, 15) is 0 Å². The Balaban J connectivity index is 2.83. The SMILES string of the molecule is C=C1C=CN=C/C1=N/C=C(/C)N. The van der Waals surface area contributed by atoms with E-state index in [4.69, 9.17) is 5.73 Å². The number of hydrogen-bond acceptors (Lipinski definition) is 3. The maximum atomic E-state index is 5.42. The molecular formula is C9H11N3. The van der Waals surface area contributed by atoms with Crippen LogP contribution in [0, 0.1) is 0 Å². The maximum absolute atomic E-state index is 5.42. The fourth-order valence-corrected chi connectivity index (χ4v) is 0.703. The van der Waals surface area contributed by atoms with Gasteiger partial charge >= 0.3 is 0 Å². The summed E-state index contributed by atoms with van der Waals surface area (Å²) in [4.78, 5) is 8.01. The Kier molecular flexibility index (Phi) is 2.58. The number of aliphatic imine (C=N–C) groups is 2. The Morgan fingerprint density at radius 1 is 1.75 bits per heavy atom. The minimum Gasteiger partial charge on any atom is -0.401 e. The molecule has 0 aromatic carbocycles. The van der Waals surface area contributed by atoms with Gasteiger partial charge in [0.15, 0.2) is 0 Å². The van der Waals surface area contributed by atoms with Crippen LogP contribution in [0.3, 0.4) is 0 Å². The molecule has 3 nitrogen and oxygen atoms in total. The highest BCUT2D eigenvalue weighted by Gasteiger charge is 1.99. The fourth-order valence-electron chi connectivity index (χ4n) is 0.703. The Labute approximate surface area is 71.7 Å². The van der Waals surface area contributed by atoms with Gasteiger partial charge in [-0.3, -0.25) is 9.98 Å². The zero-order chi connectivity index (χ0) is 8.97. The lowest BCUT2D eigenvalue weighted by molar-refractivity contribution is 1.27. The molecule has 1 rings (SSSR count). The summed E-state index contributed by atoms with van der Waals surface area (Å²) >= 11 is 0. The van der Waals surface area contributed by atoms with Crippen molar-refractivity contribution in [2.45, 2.75) is 6.92 Å². The first-order valence-corrected chi connectivity index (χ1v) is 3.59. The number of hydrogen-bond donors (Lipinski definition) is 1. The topological polar surface area (TPSA) is 50.7 Å². The molecule has 0 fully saturated rings. The number of nitrogens with two attached hydrogens (primary N) is 1. The molecule has 0 spiro atoms. The van der Waals surface area contributed by atoms with Crippen LogP contribution < -0.4 is 5.73 Å². The predicted molar refractivity (Wildman–Crippen MR) is 52.2 cm³/mol. The van der Waals surface area contributed by atoms with E-state index in [1.54, 1.807) is 31.6 Å². The molecule has 0 saturated heterocycles. The molecule has 1 aliphatic rings. The van der Waals surface area contributed by atoms with Crippen molar-refractivity contribution >= 4 is 11.9 Å². The molecule has 0 radical (unpaired) electrons. The van der Waals surface area contributed by atoms with Crippen molar-refractivity contribution in [2.24, 2.45) is 15.7 Å². The minimum atomic E-state index is 0.665. The standard InChI is InChI=1S/C9H11N3/c1-7-3-4-11-6-9(7)12-5-8(2)10/h3-6H,1,10H2,2H3/b8-5-,12-9-. The van der Waals surface area contributed by atoms with Gasteiger partial charge in [-0.15, -0.1) is 0 Å². The third-order valence-corrected chi connectivity index (χ3v) is 1.29. The van der Waals surface area contributed by atoms with Gasteiger partial charge in [-0.05, 0) is 18.6 Å². The van der Waals surface area contributed by atoms with Crippen LogP contribution in [0.5, 0.6) is 0 Å². The number of allylic oxidation sites excluding steroid dienone is 3. The summed E-state index contributed by atoms with van der Waals surface area (Å²) in [6.45, 7) is 5.58. The number of rotatable bonds is 1. The molecule has 62 valence electrons. The molecule has 12 heavy (non-hydrogen) atoms. The molecule has 0 aliphatic carbocycles. The molecular weight excluding hydrogens is 150 g/mol. The lowest BCUT2D eigenvalue weighted by Gasteiger charge is -2.01. The third kappa shape index (κ3) is 2.20. The third-order valence-electron chi connectivity index (χ3n) is 1.29. The van der Waals surface area contributed by atoms with E-state index in [1.807, 2.05) is 0 Å². The highest BCUT2D eigenvalue weighted by atomic mass is 14.8. The van der Waals surface area contributed by atoms with Crippen molar-refractivity contribution in [3.8, 4) is 0 Å². The Morgan fingerprint density at radius 2 is 2.50 bits per heavy atom. The molecule has 0 unspecified atom stereocenters. The fraction of sp³-hybridized carbons (Fsp3) is 0.111. The minimum absolute atomic E-state index is 0.665. The second-order valence-electron chi connectivity index (χ2n) is 2.51. The largest absolute Gasteiger partial charge is 0.401 e. The second kappa shape index (κ2) is 3.67. The van der Waals surface area contributed by atoms with E-state index in [0.717, 1.165) is 11.3 Å². The summed E-state index contributed by atoms with van der Waals surface area (Å²) < 4.78 is 0. The van der Waals surface area contributed by atoms with Gasteiger partial charge in [0.2, 0.25) is 0 Å². The number of nitrogens with zero attached hydrogens (tertiary/aromatic N) is 2. The summed E-state index contributed by atoms with van der Waals surface area (Å²) in [6, 6.07) is 0. The first kappa shape index (κ1) is 8.46. The molecule has 0 atom stereocenters. The quantitative estimate of drug-likeness (QED) is 0.621. The average molecular weight is 161 g/mol. The first-order valence-electron chi connectivity index (χ1n) is 3.59. The lowest BCUT2D eigenvalue weighted by Crippen LogP contribution is -2.04. The molecule has 2 N–H and O–H groups in total. The lowest BCUT2D eigenvalue weighted by atomic mass is 10.1. The monoisotopic (exact) mass is 161 g/mol. The van der Waals surface area contributed by atoms with Gasteiger partial charge in [0.25, 0.3) is 0 Å². The van der Waals surface area contributed by atoms with Crippen molar-refractivity contribution in [1.82, 2.24) is 0 Å². The summed E-state index contributed by atoms with van der Waals surface area (Å²) in [5.41, 5.74) is 7.68. The zero-order valence-electron chi connectivity index (χ0n) is 6.99. The predicted octanol–water partition coefficient (Wildman–Crippen LogP) is 1.40. The van der Waals surface area contributed by atoms with Crippen LogP contribution in [0.4, 0.5) is 0 Å². The second-order valence-corrected chi connectivity index (χ2v) is 2.51. The van der Waals surface area contributed by atoms with Crippen molar-refractivity contribution in [3.63, 3.8) is 0 Å². The van der Waals surface area contributed by atoms with Crippen LogP contribution in [-0.2, 0) is 0 Å². The highest BCUT2D eigenvalue weighted by molar-refractivity contribution is 6.39. The molecule has 0 bridgehead atoms. The van der Waals surface area contributed by atoms with Gasteiger partial charge in [0.1, 0.15) is 0 Å². The van der Waals surface area contributed by atoms with Crippen molar-refractivity contribution in [1.29, 1.82) is 0 Å². The van der Waals surface area contributed by atoms with Gasteiger partial charge in [-0.2, -0.15) is 0 Å². The summed E-state index contributed by atoms with van der Waals surface area (Å²) in [6.07, 6.45) is 6.73. The van der Waals surface area contributed by atoms with Crippen LogP contribution in [-0.4, -0.2) is 11.9 Å². The van der Waals surface area contributed by atoms with Crippen molar-refractivity contribution < 1.29 is 0 Å². The smallest absolute Gasteiger partial charge is 0.0879 e. The van der Waals surface area contributed by atoms with Crippen LogP contribution in [0.1, 0.15) is 6.92 Å². The van der Waals surface area contributed by atoms with E-state index >= 15 is 0 Å². The molecule has 0 amide bonds. The van der Waals surface area contributed by atoms with Crippen molar-refractivity contribution in [3.05, 3.63) is 36.3 Å². The van der Waals surface area contributed by atoms with Crippen LogP contribution >= 0.6 is 0 Å². The normalized spacial score (nSPS) is 20.6. The van der Waals surface area contributed by atoms with Crippen LogP contribution in [0.2, 0.25) is 0 Å². The van der Waals surface area contributed by atoms with E-state index in [0.29, 0.717) is 5.70 Å². The van der Waals surface area contributed by atoms with E-state index in [1.165, 1.54) is 0 Å². The van der Waals surface area contributed by atoms with Gasteiger partial charge in [0, 0.05) is 18.1 Å². The van der Waals surface area contributed by atoms with Crippen LogP contribution in [0.15, 0.2) is 46.3 Å². The van der Waals surface area contributed by atoms with Gasteiger partial charge in [-0.1, -0.05) is 6.58 Å². The van der Waals surface area contributed by atoms with Crippen molar-refractivity contribution in [2.75, 3.05) is 0 Å². The Bertz CT molecular complexity index is 302. The molecule has 1 heterocycles. The average Bonchev–Trinajstić information content (AvgIpc) is 2.03.